The first-order valence-electron chi connectivity index (χ1n) is 5.22. The van der Waals surface area contributed by atoms with Crippen molar-refractivity contribution in [1.29, 1.82) is 0 Å². The molecule has 0 atom stereocenters. The normalized spacial score (nSPS) is 10.3. The number of benzene rings is 2. The van der Waals surface area contributed by atoms with Gasteiger partial charge in [-0.3, -0.25) is 0 Å². The zero-order valence-electron chi connectivity index (χ0n) is 9.56. The van der Waals surface area contributed by atoms with Crippen molar-refractivity contribution >= 4 is 5.97 Å². The Hall–Kier alpha value is -2.47. The Labute approximate surface area is 107 Å². The molecule has 4 nitrogen and oxygen atoms in total. The van der Waals surface area contributed by atoms with E-state index < -0.39 is 17.6 Å². The fraction of sp³-hybridized carbons (Fsp3) is 0. The van der Waals surface area contributed by atoms with Gasteiger partial charge in [-0.25, -0.2) is 13.6 Å². The van der Waals surface area contributed by atoms with E-state index in [1.807, 2.05) is 0 Å². The van der Waals surface area contributed by atoms with Crippen LogP contribution in [0.15, 0.2) is 36.4 Å². The van der Waals surface area contributed by atoms with Gasteiger partial charge in [-0.1, -0.05) is 0 Å². The number of carbonyl (C=O) groups is 1. The lowest BCUT2D eigenvalue weighted by atomic mass is 9.99. The van der Waals surface area contributed by atoms with E-state index in [-0.39, 0.29) is 22.4 Å². The fourth-order valence-electron chi connectivity index (χ4n) is 1.71. The van der Waals surface area contributed by atoms with Crippen LogP contribution in [0.2, 0.25) is 0 Å². The van der Waals surface area contributed by atoms with Crippen molar-refractivity contribution in [2.24, 2.45) is 5.90 Å². The van der Waals surface area contributed by atoms with Gasteiger partial charge >= 0.3 is 5.97 Å². The van der Waals surface area contributed by atoms with Crippen LogP contribution in [0, 0.1) is 11.6 Å². The predicted octanol–water partition coefficient (Wildman–Crippen LogP) is 2.58. The maximum absolute atomic E-state index is 13.7. The number of carboxylic acid groups (broad SMARTS) is 1. The number of rotatable bonds is 3. The molecule has 0 bridgehead atoms. The number of hydrogen-bond acceptors (Lipinski definition) is 3. The molecule has 0 aromatic heterocycles. The van der Waals surface area contributed by atoms with Crippen molar-refractivity contribution in [2.45, 2.75) is 0 Å². The molecule has 98 valence electrons. The van der Waals surface area contributed by atoms with Crippen LogP contribution in [0.5, 0.6) is 5.75 Å². The summed E-state index contributed by atoms with van der Waals surface area (Å²) in [5, 5.41) is 9.07. The summed E-state index contributed by atoms with van der Waals surface area (Å²) >= 11 is 0. The smallest absolute Gasteiger partial charge is 0.336 e. The summed E-state index contributed by atoms with van der Waals surface area (Å²) in [5.41, 5.74) is -0.114. The number of nitrogens with two attached hydrogens (primary N) is 1. The fourth-order valence-corrected chi connectivity index (χ4v) is 1.71. The second kappa shape index (κ2) is 5.03. The van der Waals surface area contributed by atoms with E-state index in [1.54, 1.807) is 0 Å². The molecular weight excluding hydrogens is 256 g/mol. The average molecular weight is 265 g/mol. The van der Waals surface area contributed by atoms with Crippen molar-refractivity contribution in [1.82, 2.24) is 0 Å². The molecule has 0 aliphatic carbocycles. The van der Waals surface area contributed by atoms with Gasteiger partial charge in [0.15, 0.2) is 0 Å². The Bertz CT molecular complexity index is 644. The Morgan fingerprint density at radius 1 is 1.11 bits per heavy atom. The maximum atomic E-state index is 13.7. The molecule has 0 spiro atoms. The molecule has 2 aromatic rings. The predicted molar refractivity (Wildman–Crippen MR) is 63.6 cm³/mol. The first kappa shape index (κ1) is 13.0. The molecule has 6 heteroatoms. The van der Waals surface area contributed by atoms with E-state index in [2.05, 4.69) is 4.84 Å². The Kier molecular flexibility index (Phi) is 3.43. The monoisotopic (exact) mass is 265 g/mol. The lowest BCUT2D eigenvalue weighted by molar-refractivity contribution is 0.0697. The van der Waals surface area contributed by atoms with Gasteiger partial charge in [0.2, 0.25) is 0 Å². The van der Waals surface area contributed by atoms with E-state index >= 15 is 0 Å². The molecule has 0 saturated heterocycles. The van der Waals surface area contributed by atoms with E-state index in [0.717, 1.165) is 12.1 Å². The molecule has 0 aliphatic rings. The minimum absolute atomic E-state index is 0.0438. The maximum Gasteiger partial charge on any atom is 0.336 e. The van der Waals surface area contributed by atoms with Crippen LogP contribution >= 0.6 is 0 Å². The quantitative estimate of drug-likeness (QED) is 0.836. The number of carboxylic acids is 1. The van der Waals surface area contributed by atoms with Gasteiger partial charge < -0.3 is 9.94 Å². The van der Waals surface area contributed by atoms with E-state index in [0.29, 0.717) is 6.07 Å². The van der Waals surface area contributed by atoms with E-state index in [1.165, 1.54) is 18.2 Å². The van der Waals surface area contributed by atoms with Crippen LogP contribution in [-0.4, -0.2) is 11.1 Å². The van der Waals surface area contributed by atoms with Crippen molar-refractivity contribution in [3.8, 4) is 16.9 Å². The van der Waals surface area contributed by atoms with Crippen molar-refractivity contribution < 1.29 is 23.5 Å². The van der Waals surface area contributed by atoms with Crippen LogP contribution in [0.3, 0.4) is 0 Å². The number of halogens is 2. The third-order valence-electron chi connectivity index (χ3n) is 2.58. The third-order valence-corrected chi connectivity index (χ3v) is 2.58. The molecule has 19 heavy (non-hydrogen) atoms. The number of hydrogen-bond donors (Lipinski definition) is 2. The number of aromatic carboxylic acids is 1. The standard InChI is InChI=1S/C13H9F2NO3/c14-7-1-3-9(12(15)5-7)11-6-8(19-16)2-4-10(11)13(17)18/h1-6H,16H2,(H,17,18). The van der Waals surface area contributed by atoms with Gasteiger partial charge in [0, 0.05) is 17.2 Å². The summed E-state index contributed by atoms with van der Waals surface area (Å²) in [6, 6.07) is 6.74. The minimum Gasteiger partial charge on any atom is -0.478 e. The minimum atomic E-state index is -1.23. The van der Waals surface area contributed by atoms with Crippen molar-refractivity contribution in [3.05, 3.63) is 53.6 Å². The van der Waals surface area contributed by atoms with Crippen molar-refractivity contribution in [3.63, 3.8) is 0 Å². The molecule has 0 radical (unpaired) electrons. The van der Waals surface area contributed by atoms with E-state index in [4.69, 9.17) is 11.0 Å². The summed E-state index contributed by atoms with van der Waals surface area (Å²) in [6.45, 7) is 0. The molecular formula is C13H9F2NO3. The zero-order chi connectivity index (χ0) is 14.0. The van der Waals surface area contributed by atoms with Gasteiger partial charge in [-0.2, -0.15) is 5.90 Å². The molecule has 2 aromatic carbocycles. The molecule has 0 heterocycles. The van der Waals surface area contributed by atoms with Crippen LogP contribution in [0.25, 0.3) is 11.1 Å². The summed E-state index contributed by atoms with van der Waals surface area (Å²) in [7, 11) is 0. The van der Waals surface area contributed by atoms with Crippen LogP contribution < -0.4 is 10.7 Å². The third kappa shape index (κ3) is 2.53. The Morgan fingerprint density at radius 3 is 2.42 bits per heavy atom. The van der Waals surface area contributed by atoms with Crippen LogP contribution in [-0.2, 0) is 0 Å². The summed E-state index contributed by atoms with van der Waals surface area (Å²) in [5.74, 6) is 2.31. The summed E-state index contributed by atoms with van der Waals surface area (Å²) in [6.07, 6.45) is 0. The molecule has 0 saturated carbocycles. The van der Waals surface area contributed by atoms with Gasteiger partial charge in [-0.15, -0.1) is 0 Å². The molecule has 0 aliphatic heterocycles. The average Bonchev–Trinajstić information content (AvgIpc) is 2.38. The summed E-state index contributed by atoms with van der Waals surface area (Å²) in [4.78, 5) is 15.6. The molecule has 0 amide bonds. The second-order valence-corrected chi connectivity index (χ2v) is 3.75. The van der Waals surface area contributed by atoms with Gasteiger partial charge in [0.25, 0.3) is 0 Å². The Balaban J connectivity index is 2.68. The first-order chi connectivity index (χ1) is 9.02. The largest absolute Gasteiger partial charge is 0.478 e. The zero-order valence-corrected chi connectivity index (χ0v) is 9.56. The van der Waals surface area contributed by atoms with Gasteiger partial charge in [0.05, 0.1) is 5.56 Å². The van der Waals surface area contributed by atoms with Gasteiger partial charge in [-0.05, 0) is 30.3 Å². The Morgan fingerprint density at radius 2 is 1.84 bits per heavy atom. The molecule has 2 rings (SSSR count). The van der Waals surface area contributed by atoms with E-state index in [9.17, 15) is 13.6 Å². The van der Waals surface area contributed by atoms with Crippen LogP contribution in [0.4, 0.5) is 8.78 Å². The lowest BCUT2D eigenvalue weighted by Gasteiger charge is -2.09. The molecule has 3 N–H and O–H groups in total. The first-order valence-corrected chi connectivity index (χ1v) is 5.22. The highest BCUT2D eigenvalue weighted by atomic mass is 19.1. The topological polar surface area (TPSA) is 72.5 Å². The van der Waals surface area contributed by atoms with Crippen LogP contribution in [0.1, 0.15) is 10.4 Å². The molecule has 0 fully saturated rings. The SMILES string of the molecule is NOc1ccc(C(=O)O)c(-c2ccc(F)cc2F)c1. The van der Waals surface area contributed by atoms with Gasteiger partial charge in [0.1, 0.15) is 17.4 Å². The highest BCUT2D eigenvalue weighted by Crippen LogP contribution is 2.30. The molecule has 0 unspecified atom stereocenters. The highest BCUT2D eigenvalue weighted by molar-refractivity contribution is 5.96. The highest BCUT2D eigenvalue weighted by Gasteiger charge is 2.16. The lowest BCUT2D eigenvalue weighted by Crippen LogP contribution is -2.05. The summed E-state index contributed by atoms with van der Waals surface area (Å²) < 4.78 is 26.6. The second-order valence-electron chi connectivity index (χ2n) is 3.75. The van der Waals surface area contributed by atoms with Crippen molar-refractivity contribution in [2.75, 3.05) is 0 Å².